The first kappa shape index (κ1) is 15.6. The normalized spacial score (nSPS) is 17.8. The number of carbonyl (C=O) groups excluding carboxylic acids is 1. The highest BCUT2D eigenvalue weighted by atomic mass is 79.9. The van der Waals surface area contributed by atoms with Crippen molar-refractivity contribution in [2.75, 3.05) is 7.05 Å². The Kier molecular flexibility index (Phi) is 4.35. The Morgan fingerprint density at radius 1 is 1.35 bits per heavy atom. The van der Waals surface area contributed by atoms with Crippen LogP contribution in [0.1, 0.15) is 31.9 Å². The molecule has 1 aliphatic carbocycles. The zero-order valence-corrected chi connectivity index (χ0v) is 14.5. The Labute approximate surface area is 133 Å². The molecule has 20 heavy (non-hydrogen) atoms. The van der Waals surface area contributed by atoms with Crippen molar-refractivity contribution in [2.24, 2.45) is 0 Å². The maximum atomic E-state index is 12.1. The molecule has 1 amide bonds. The van der Waals surface area contributed by atoms with E-state index in [1.165, 1.54) is 11.1 Å². The molecule has 0 aliphatic heterocycles. The number of hydrogen-bond donors (Lipinski definition) is 0. The number of nitrogens with zero attached hydrogens (tertiary/aromatic N) is 1. The molecule has 0 N–H and O–H groups in total. The highest BCUT2D eigenvalue weighted by Gasteiger charge is 2.30. The van der Waals surface area contributed by atoms with Crippen molar-refractivity contribution in [1.29, 1.82) is 0 Å². The number of halogens is 2. The van der Waals surface area contributed by atoms with Crippen LogP contribution < -0.4 is 0 Å². The van der Waals surface area contributed by atoms with Crippen molar-refractivity contribution >= 4 is 33.6 Å². The van der Waals surface area contributed by atoms with E-state index in [1.54, 1.807) is 11.9 Å². The number of rotatable bonds is 1. The molecule has 3 nitrogen and oxygen atoms in total. The predicted molar refractivity (Wildman–Crippen MR) is 84.3 cm³/mol. The number of hydrogen-bond acceptors (Lipinski definition) is 2. The van der Waals surface area contributed by atoms with Gasteiger partial charge in [-0.25, -0.2) is 4.79 Å². The van der Waals surface area contributed by atoms with Crippen LogP contribution in [-0.4, -0.2) is 29.7 Å². The smallest absolute Gasteiger partial charge is 0.410 e. The maximum absolute atomic E-state index is 12.1. The molecular formula is C15H19BrClNO2. The zero-order valence-electron chi connectivity index (χ0n) is 12.2. The summed E-state index contributed by atoms with van der Waals surface area (Å²) in [7, 11) is 1.79. The molecule has 5 heteroatoms. The Hall–Kier alpha value is -0.740. The molecule has 0 saturated heterocycles. The van der Waals surface area contributed by atoms with Crippen molar-refractivity contribution in [3.63, 3.8) is 0 Å². The Morgan fingerprint density at radius 3 is 2.45 bits per heavy atom. The molecule has 110 valence electrons. The van der Waals surface area contributed by atoms with Gasteiger partial charge in [0.05, 0.1) is 5.02 Å². The number of carbonyl (C=O) groups is 1. The lowest BCUT2D eigenvalue weighted by Crippen LogP contribution is -2.41. The van der Waals surface area contributed by atoms with Crippen LogP contribution in [0.2, 0.25) is 5.02 Å². The molecule has 1 aromatic rings. The van der Waals surface area contributed by atoms with Crippen LogP contribution in [0.5, 0.6) is 0 Å². The number of ether oxygens (including phenoxy) is 1. The third-order valence-electron chi connectivity index (χ3n) is 3.38. The summed E-state index contributed by atoms with van der Waals surface area (Å²) in [5.74, 6) is 0. The summed E-state index contributed by atoms with van der Waals surface area (Å²) in [4.78, 5) is 13.8. The van der Waals surface area contributed by atoms with Crippen LogP contribution in [0.4, 0.5) is 4.79 Å². The van der Waals surface area contributed by atoms with Gasteiger partial charge in [-0.3, -0.25) is 0 Å². The molecule has 0 aromatic heterocycles. The summed E-state index contributed by atoms with van der Waals surface area (Å²) in [5, 5.41) is 0.712. The van der Waals surface area contributed by atoms with E-state index < -0.39 is 5.60 Å². The molecule has 0 fully saturated rings. The second-order valence-corrected chi connectivity index (χ2v) is 7.45. The summed E-state index contributed by atoms with van der Waals surface area (Å²) >= 11 is 9.55. The van der Waals surface area contributed by atoms with Gasteiger partial charge in [-0.1, -0.05) is 11.6 Å². The van der Waals surface area contributed by atoms with Crippen LogP contribution in [-0.2, 0) is 17.6 Å². The Balaban J connectivity index is 2.09. The Bertz CT molecular complexity index is 508. The summed E-state index contributed by atoms with van der Waals surface area (Å²) in [6.07, 6.45) is 1.37. The summed E-state index contributed by atoms with van der Waals surface area (Å²) < 4.78 is 6.31. The van der Waals surface area contributed by atoms with Crippen LogP contribution in [0, 0.1) is 0 Å². The molecule has 0 saturated carbocycles. The third kappa shape index (κ3) is 3.47. The van der Waals surface area contributed by atoms with E-state index >= 15 is 0 Å². The summed E-state index contributed by atoms with van der Waals surface area (Å²) in [5.41, 5.74) is 1.98. The van der Waals surface area contributed by atoms with Crippen molar-refractivity contribution in [2.45, 2.75) is 45.3 Å². The van der Waals surface area contributed by atoms with Crippen LogP contribution in [0.25, 0.3) is 0 Å². The first-order valence-electron chi connectivity index (χ1n) is 6.60. The predicted octanol–water partition coefficient (Wildman–Crippen LogP) is 4.44. The highest BCUT2D eigenvalue weighted by molar-refractivity contribution is 9.10. The average molecular weight is 361 g/mol. The van der Waals surface area contributed by atoms with Gasteiger partial charge >= 0.3 is 6.09 Å². The zero-order chi connectivity index (χ0) is 15.1. The third-order valence-corrected chi connectivity index (χ3v) is 4.58. The van der Waals surface area contributed by atoms with E-state index in [1.807, 2.05) is 32.9 Å². The lowest BCUT2D eigenvalue weighted by Gasteiger charge is -2.28. The molecule has 0 heterocycles. The second kappa shape index (κ2) is 5.57. The van der Waals surface area contributed by atoms with E-state index in [9.17, 15) is 4.79 Å². The van der Waals surface area contributed by atoms with E-state index in [-0.39, 0.29) is 12.1 Å². The number of fused-ring (bicyclic) bond motifs is 1. The van der Waals surface area contributed by atoms with Crippen LogP contribution in [0.3, 0.4) is 0 Å². The first-order chi connectivity index (χ1) is 9.17. The van der Waals surface area contributed by atoms with Crippen molar-refractivity contribution in [1.82, 2.24) is 4.90 Å². The van der Waals surface area contributed by atoms with Gasteiger partial charge in [0.2, 0.25) is 0 Å². The molecule has 1 atom stereocenters. The average Bonchev–Trinajstić information content (AvgIpc) is 2.69. The molecular weight excluding hydrogens is 342 g/mol. The first-order valence-corrected chi connectivity index (χ1v) is 7.77. The maximum Gasteiger partial charge on any atom is 0.410 e. The lowest BCUT2D eigenvalue weighted by molar-refractivity contribution is 0.0229. The molecule has 1 unspecified atom stereocenters. The van der Waals surface area contributed by atoms with Gasteiger partial charge in [0.1, 0.15) is 5.60 Å². The van der Waals surface area contributed by atoms with Crippen molar-refractivity contribution in [3.05, 3.63) is 32.8 Å². The topological polar surface area (TPSA) is 29.5 Å². The van der Waals surface area contributed by atoms with Gasteiger partial charge in [-0.2, -0.15) is 0 Å². The fourth-order valence-corrected chi connectivity index (χ4v) is 2.92. The SMILES string of the molecule is CN(C(=O)OC(C)(C)C)C1Cc2cc(Cl)c(Br)cc2C1. The van der Waals surface area contributed by atoms with Gasteiger partial charge < -0.3 is 9.64 Å². The minimum atomic E-state index is -0.469. The quantitative estimate of drug-likeness (QED) is 0.741. The Morgan fingerprint density at radius 2 is 1.90 bits per heavy atom. The van der Waals surface area contributed by atoms with E-state index in [0.29, 0.717) is 5.02 Å². The molecule has 2 rings (SSSR count). The van der Waals surface area contributed by atoms with Gasteiger partial charge in [-0.05, 0) is 72.8 Å². The van der Waals surface area contributed by atoms with Gasteiger partial charge in [0, 0.05) is 17.6 Å². The van der Waals surface area contributed by atoms with E-state index in [4.69, 9.17) is 16.3 Å². The molecule has 0 bridgehead atoms. The molecule has 1 aromatic carbocycles. The van der Waals surface area contributed by atoms with Crippen LogP contribution in [0.15, 0.2) is 16.6 Å². The lowest BCUT2D eigenvalue weighted by atomic mass is 10.1. The monoisotopic (exact) mass is 359 g/mol. The minimum absolute atomic E-state index is 0.130. The van der Waals surface area contributed by atoms with Crippen LogP contribution >= 0.6 is 27.5 Å². The second-order valence-electron chi connectivity index (χ2n) is 6.19. The van der Waals surface area contributed by atoms with Gasteiger partial charge in [0.25, 0.3) is 0 Å². The van der Waals surface area contributed by atoms with Crippen molar-refractivity contribution in [3.8, 4) is 0 Å². The van der Waals surface area contributed by atoms with E-state index in [0.717, 1.165) is 17.3 Å². The standard InChI is InChI=1S/C15H19BrClNO2/c1-15(2,3)20-14(19)18(4)11-5-9-7-12(16)13(17)8-10(9)6-11/h7-8,11H,5-6H2,1-4H3. The molecule has 0 radical (unpaired) electrons. The summed E-state index contributed by atoms with van der Waals surface area (Å²) in [6.45, 7) is 5.62. The molecule has 0 spiro atoms. The number of likely N-dealkylation sites (N-methyl/N-ethyl adjacent to an activating group) is 1. The van der Waals surface area contributed by atoms with Gasteiger partial charge in [0.15, 0.2) is 0 Å². The van der Waals surface area contributed by atoms with Crippen molar-refractivity contribution < 1.29 is 9.53 Å². The number of benzene rings is 1. The van der Waals surface area contributed by atoms with Gasteiger partial charge in [-0.15, -0.1) is 0 Å². The van der Waals surface area contributed by atoms with E-state index in [2.05, 4.69) is 15.9 Å². The summed E-state index contributed by atoms with van der Waals surface area (Å²) in [6, 6.07) is 4.15. The molecule has 1 aliphatic rings. The number of amides is 1. The minimum Gasteiger partial charge on any atom is -0.444 e. The highest BCUT2D eigenvalue weighted by Crippen LogP contribution is 2.33. The fraction of sp³-hybridized carbons (Fsp3) is 0.533. The largest absolute Gasteiger partial charge is 0.444 e. The fourth-order valence-electron chi connectivity index (χ4n) is 2.35.